The van der Waals surface area contributed by atoms with Crippen molar-refractivity contribution in [2.45, 2.75) is 13.8 Å². The first kappa shape index (κ1) is 23.8. The third-order valence-corrected chi connectivity index (χ3v) is 0. The Morgan fingerprint density at radius 2 is 1.00 bits per heavy atom. The summed E-state index contributed by atoms with van der Waals surface area (Å²) in [6.45, 7) is 3.86. The van der Waals surface area contributed by atoms with Gasteiger partial charge in [-0.3, -0.25) is 0 Å². The number of halogens is 1. The first-order valence-electron chi connectivity index (χ1n) is 2.05. The lowest BCUT2D eigenvalue weighted by Gasteiger charge is -1.52. The molecule has 0 amide bonds. The van der Waals surface area contributed by atoms with Crippen molar-refractivity contribution >= 4 is 0 Å². The first-order chi connectivity index (χ1) is 2.83. The lowest BCUT2D eigenvalue weighted by molar-refractivity contribution is -0.00000434. The fourth-order valence-electron chi connectivity index (χ4n) is 0. The molecule has 0 fully saturated rings. The minimum atomic E-state index is 0. The van der Waals surface area contributed by atoms with Gasteiger partial charge in [-0.25, -0.2) is 0 Å². The number of hydrogen-bond donors (Lipinski definition) is 3. The van der Waals surface area contributed by atoms with E-state index >= 15 is 0 Å². The number of hydrogen-bond acceptors (Lipinski definition) is 2. The van der Waals surface area contributed by atoms with Crippen molar-refractivity contribution in [3.8, 4) is 0 Å². The van der Waals surface area contributed by atoms with Gasteiger partial charge in [0.2, 0.25) is 0 Å². The average molecular weight is 190 g/mol. The predicted octanol–water partition coefficient (Wildman–Crippen LogP) is -2.62. The fraction of sp³-hybridized carbons (Fsp3) is 1.00. The lowest BCUT2D eigenvalue weighted by atomic mass is 10.9. The second-order valence-corrected chi connectivity index (χ2v) is 0.632. The Kier molecular flexibility index (Phi) is 159. The Labute approximate surface area is 61.1 Å². The summed E-state index contributed by atoms with van der Waals surface area (Å²) in [6.07, 6.45) is 0. The Bertz CT molecular complexity index is 16.0. The van der Waals surface area contributed by atoms with Gasteiger partial charge in [0, 0.05) is 13.2 Å². The van der Waals surface area contributed by atoms with Crippen LogP contribution in [0.25, 0.3) is 0 Å². The molecule has 0 saturated heterocycles. The van der Waals surface area contributed by atoms with Gasteiger partial charge < -0.3 is 33.3 Å². The largest absolute Gasteiger partial charge is 1.00 e. The summed E-state index contributed by atoms with van der Waals surface area (Å²) in [4.78, 5) is 0. The quantitative estimate of drug-likeness (QED) is 0.391. The summed E-state index contributed by atoms with van der Waals surface area (Å²) in [6, 6.07) is 0. The van der Waals surface area contributed by atoms with E-state index < -0.39 is 0 Å². The number of aliphatic hydroxyl groups excluding tert-OH is 2. The molecule has 0 aliphatic heterocycles. The van der Waals surface area contributed by atoms with Crippen LogP contribution in [0.5, 0.6) is 0 Å². The molecule has 3 nitrogen and oxygen atoms in total. The van der Waals surface area contributed by atoms with Crippen LogP contribution < -0.4 is 23.1 Å². The summed E-state index contributed by atoms with van der Waals surface area (Å²) in [5.74, 6) is 0. The summed E-state index contributed by atoms with van der Waals surface area (Å²) in [5, 5.41) is 15.1. The third kappa shape index (κ3) is 1410. The van der Waals surface area contributed by atoms with Crippen molar-refractivity contribution in [3.05, 3.63) is 0 Å². The van der Waals surface area contributed by atoms with E-state index in [-0.39, 0.29) is 36.3 Å². The Morgan fingerprint density at radius 3 is 1.00 bits per heavy atom. The summed E-state index contributed by atoms with van der Waals surface area (Å²) in [7, 11) is 0. The van der Waals surface area contributed by atoms with Crippen molar-refractivity contribution in [3.63, 3.8) is 0 Å². The zero-order valence-electron chi connectivity index (χ0n) is 5.69. The van der Waals surface area contributed by atoms with Gasteiger partial charge in [0.1, 0.15) is 0 Å². The van der Waals surface area contributed by atoms with E-state index in [1.165, 1.54) is 0 Å². The molecule has 56 valence electrons. The van der Waals surface area contributed by atoms with Crippen LogP contribution in [0, 0.1) is 0 Å². The van der Waals surface area contributed by atoms with Gasteiger partial charge in [-0.2, -0.15) is 0 Å². The highest BCUT2D eigenvalue weighted by Crippen LogP contribution is 1.30. The molecule has 0 unspecified atom stereocenters. The topological polar surface area (TPSA) is 77.0 Å². The Hall–Kier alpha value is 0.360. The van der Waals surface area contributed by atoms with E-state index in [1.807, 2.05) is 0 Å². The highest BCUT2D eigenvalue weighted by molar-refractivity contribution is 3.84. The maximum absolute atomic E-state index is 7.57. The van der Waals surface area contributed by atoms with Crippen LogP contribution in [0.2, 0.25) is 0 Å². The SMILES string of the molecule is CCO.CCO.[Br-].[NH4+]. The number of rotatable bonds is 0. The fourth-order valence-corrected chi connectivity index (χ4v) is 0. The molecule has 0 saturated carbocycles. The summed E-state index contributed by atoms with van der Waals surface area (Å²) in [5.41, 5.74) is 0. The van der Waals surface area contributed by atoms with E-state index in [0.717, 1.165) is 0 Å². The van der Waals surface area contributed by atoms with Gasteiger partial charge >= 0.3 is 0 Å². The van der Waals surface area contributed by atoms with Gasteiger partial charge in [0.05, 0.1) is 0 Å². The highest BCUT2D eigenvalue weighted by Gasteiger charge is 1.34. The molecule has 0 aliphatic rings. The highest BCUT2D eigenvalue weighted by atomic mass is 79.9. The standard InChI is InChI=1S/2C2H6O.BrH.H3N/c2*1-2-3;;/h2*3H,2H2,1H3;1H;1H3. The zero-order chi connectivity index (χ0) is 5.41. The summed E-state index contributed by atoms with van der Waals surface area (Å²) >= 11 is 0. The van der Waals surface area contributed by atoms with Crippen LogP contribution in [-0.2, 0) is 0 Å². The van der Waals surface area contributed by atoms with Crippen LogP contribution >= 0.6 is 0 Å². The molecule has 0 aliphatic carbocycles. The molecule has 0 aromatic heterocycles. The van der Waals surface area contributed by atoms with E-state index in [1.54, 1.807) is 13.8 Å². The van der Waals surface area contributed by atoms with Crippen LogP contribution in [0.3, 0.4) is 0 Å². The van der Waals surface area contributed by atoms with Crippen LogP contribution in [0.4, 0.5) is 0 Å². The molecule has 0 spiro atoms. The molecular formula is C4H16BrNO2. The van der Waals surface area contributed by atoms with Crippen molar-refractivity contribution in [2.24, 2.45) is 0 Å². The maximum Gasteiger partial charge on any atom is 0.0402 e. The Balaban J connectivity index is -0.0000000160. The van der Waals surface area contributed by atoms with Crippen LogP contribution in [0.1, 0.15) is 13.8 Å². The van der Waals surface area contributed by atoms with E-state index in [0.29, 0.717) is 0 Å². The molecular weight excluding hydrogens is 174 g/mol. The normalized spacial score (nSPS) is 4.50. The van der Waals surface area contributed by atoms with Crippen LogP contribution in [0.15, 0.2) is 0 Å². The molecule has 0 rings (SSSR count). The van der Waals surface area contributed by atoms with Crippen LogP contribution in [-0.4, -0.2) is 23.4 Å². The number of quaternary nitrogens is 1. The molecule has 0 bridgehead atoms. The molecule has 0 radical (unpaired) electrons. The molecule has 0 aromatic rings. The van der Waals surface area contributed by atoms with Crippen molar-refractivity contribution in [2.75, 3.05) is 13.2 Å². The lowest BCUT2D eigenvalue weighted by Crippen LogP contribution is -3.00. The molecule has 0 aromatic carbocycles. The molecule has 4 heteroatoms. The van der Waals surface area contributed by atoms with E-state index in [9.17, 15) is 0 Å². The third-order valence-electron chi connectivity index (χ3n) is 0. The molecule has 0 heterocycles. The zero-order valence-corrected chi connectivity index (χ0v) is 7.27. The monoisotopic (exact) mass is 189 g/mol. The smallest absolute Gasteiger partial charge is 0.0402 e. The van der Waals surface area contributed by atoms with Crippen molar-refractivity contribution in [1.29, 1.82) is 0 Å². The van der Waals surface area contributed by atoms with Gasteiger partial charge in [0.15, 0.2) is 0 Å². The number of aliphatic hydroxyl groups is 2. The van der Waals surface area contributed by atoms with Crippen molar-refractivity contribution in [1.82, 2.24) is 6.15 Å². The maximum atomic E-state index is 7.57. The van der Waals surface area contributed by atoms with E-state index in [4.69, 9.17) is 10.2 Å². The van der Waals surface area contributed by atoms with Gasteiger partial charge in [-0.05, 0) is 13.8 Å². The van der Waals surface area contributed by atoms with E-state index in [2.05, 4.69) is 0 Å². The van der Waals surface area contributed by atoms with Gasteiger partial charge in [-0.1, -0.05) is 0 Å². The second kappa shape index (κ2) is 53.5. The Morgan fingerprint density at radius 1 is 1.00 bits per heavy atom. The molecule has 6 N–H and O–H groups in total. The van der Waals surface area contributed by atoms with Gasteiger partial charge in [-0.15, -0.1) is 0 Å². The first-order valence-corrected chi connectivity index (χ1v) is 2.05. The minimum absolute atomic E-state index is 0. The minimum Gasteiger partial charge on any atom is -1.00 e. The molecule has 0 atom stereocenters. The van der Waals surface area contributed by atoms with Crippen molar-refractivity contribution < 1.29 is 27.2 Å². The van der Waals surface area contributed by atoms with Gasteiger partial charge in [0.25, 0.3) is 0 Å². The average Bonchev–Trinajstić information content (AvgIpc) is 1.39. The molecule has 8 heavy (non-hydrogen) atoms. The predicted molar refractivity (Wildman–Crippen MR) is 31.5 cm³/mol. The summed E-state index contributed by atoms with van der Waals surface area (Å²) < 4.78 is 0. The second-order valence-electron chi connectivity index (χ2n) is 0.632.